The van der Waals surface area contributed by atoms with E-state index in [1.807, 2.05) is 0 Å². The van der Waals surface area contributed by atoms with Gasteiger partial charge in [-0.25, -0.2) is 0 Å². The Balaban J connectivity index is 2.86. The van der Waals surface area contributed by atoms with E-state index in [-0.39, 0.29) is 11.2 Å². The zero-order valence-electron chi connectivity index (χ0n) is 12.3. The number of nitro benzene ring substituents is 1. The Kier molecular flexibility index (Phi) is 5.70. The van der Waals surface area contributed by atoms with E-state index in [2.05, 4.69) is 32.7 Å². The summed E-state index contributed by atoms with van der Waals surface area (Å²) in [6, 6.07) is 4.96. The molecule has 0 saturated carbocycles. The van der Waals surface area contributed by atoms with Crippen LogP contribution in [0, 0.1) is 10.1 Å². The first-order valence-corrected chi connectivity index (χ1v) is 6.59. The summed E-state index contributed by atoms with van der Waals surface area (Å²) in [5, 5.41) is 14.3. The Morgan fingerprint density at radius 1 is 1.45 bits per heavy atom. The van der Waals surface area contributed by atoms with Gasteiger partial charge in [0.05, 0.1) is 11.5 Å². The van der Waals surface area contributed by atoms with E-state index in [4.69, 9.17) is 4.74 Å². The summed E-state index contributed by atoms with van der Waals surface area (Å²) in [4.78, 5) is 10.5. The van der Waals surface area contributed by atoms with Gasteiger partial charge in [-0.3, -0.25) is 10.1 Å². The molecule has 0 radical (unpaired) electrons. The second-order valence-electron chi connectivity index (χ2n) is 5.59. The third-order valence-corrected chi connectivity index (χ3v) is 2.62. The topological polar surface area (TPSA) is 64.4 Å². The molecular formula is C15H22N2O3. The first-order chi connectivity index (χ1) is 9.33. The van der Waals surface area contributed by atoms with Crippen molar-refractivity contribution >= 4 is 5.69 Å². The molecule has 0 saturated heterocycles. The number of nitro groups is 1. The van der Waals surface area contributed by atoms with E-state index in [0.717, 1.165) is 5.56 Å². The van der Waals surface area contributed by atoms with E-state index in [1.165, 1.54) is 6.07 Å². The van der Waals surface area contributed by atoms with Gasteiger partial charge in [0.15, 0.2) is 5.75 Å². The van der Waals surface area contributed by atoms with Gasteiger partial charge in [0.2, 0.25) is 0 Å². The minimum Gasteiger partial charge on any atom is -0.486 e. The van der Waals surface area contributed by atoms with E-state index >= 15 is 0 Å². The van der Waals surface area contributed by atoms with Crippen LogP contribution in [0.3, 0.4) is 0 Å². The van der Waals surface area contributed by atoms with Crippen molar-refractivity contribution in [3.63, 3.8) is 0 Å². The Morgan fingerprint density at radius 2 is 2.15 bits per heavy atom. The molecule has 20 heavy (non-hydrogen) atoms. The van der Waals surface area contributed by atoms with E-state index in [0.29, 0.717) is 25.3 Å². The van der Waals surface area contributed by atoms with Crippen LogP contribution in [0.2, 0.25) is 0 Å². The molecule has 0 unspecified atom stereocenters. The van der Waals surface area contributed by atoms with Gasteiger partial charge in [0.1, 0.15) is 0 Å². The molecule has 1 rings (SSSR count). The second kappa shape index (κ2) is 7.05. The maximum Gasteiger partial charge on any atom is 0.310 e. The van der Waals surface area contributed by atoms with E-state index < -0.39 is 4.92 Å². The highest BCUT2D eigenvalue weighted by Crippen LogP contribution is 2.28. The molecule has 110 valence electrons. The van der Waals surface area contributed by atoms with Gasteiger partial charge < -0.3 is 10.1 Å². The molecule has 5 nitrogen and oxygen atoms in total. The Bertz CT molecular complexity index is 478. The average molecular weight is 278 g/mol. The van der Waals surface area contributed by atoms with Gasteiger partial charge in [-0.1, -0.05) is 12.1 Å². The average Bonchev–Trinajstić information content (AvgIpc) is 2.36. The Labute approximate surface area is 119 Å². The molecular weight excluding hydrogens is 256 g/mol. The molecule has 0 amide bonds. The van der Waals surface area contributed by atoms with Crippen molar-refractivity contribution in [1.82, 2.24) is 5.32 Å². The summed E-state index contributed by atoms with van der Waals surface area (Å²) in [5.74, 6) is 0.310. The molecule has 0 heterocycles. The monoisotopic (exact) mass is 278 g/mol. The molecule has 0 spiro atoms. The molecule has 0 bridgehead atoms. The number of benzene rings is 1. The molecule has 1 N–H and O–H groups in total. The minimum absolute atomic E-state index is 0.00595. The van der Waals surface area contributed by atoms with Gasteiger partial charge in [-0.15, -0.1) is 6.58 Å². The van der Waals surface area contributed by atoms with Crippen molar-refractivity contribution in [3.8, 4) is 5.75 Å². The fourth-order valence-electron chi connectivity index (χ4n) is 1.55. The number of nitrogens with one attached hydrogen (secondary N) is 1. The van der Waals surface area contributed by atoms with Crippen molar-refractivity contribution in [2.75, 3.05) is 6.61 Å². The highest BCUT2D eigenvalue weighted by Gasteiger charge is 2.16. The molecule has 0 aliphatic heterocycles. The van der Waals surface area contributed by atoms with Crippen LogP contribution in [0.1, 0.15) is 32.8 Å². The lowest BCUT2D eigenvalue weighted by Gasteiger charge is -2.20. The van der Waals surface area contributed by atoms with Gasteiger partial charge in [0, 0.05) is 18.2 Å². The Morgan fingerprint density at radius 3 is 2.70 bits per heavy atom. The molecule has 1 aromatic carbocycles. The third kappa shape index (κ3) is 5.40. The minimum atomic E-state index is -0.426. The first-order valence-electron chi connectivity index (χ1n) is 6.59. The van der Waals surface area contributed by atoms with Gasteiger partial charge in [0.25, 0.3) is 0 Å². The quantitative estimate of drug-likeness (QED) is 0.359. The van der Waals surface area contributed by atoms with Crippen molar-refractivity contribution in [3.05, 3.63) is 46.5 Å². The van der Waals surface area contributed by atoms with E-state index in [1.54, 1.807) is 18.2 Å². The van der Waals surface area contributed by atoms with Crippen molar-refractivity contribution in [2.45, 2.75) is 39.3 Å². The lowest BCUT2D eigenvalue weighted by Crippen LogP contribution is -2.35. The molecule has 0 aliphatic carbocycles. The molecule has 0 atom stereocenters. The van der Waals surface area contributed by atoms with E-state index in [9.17, 15) is 10.1 Å². The third-order valence-electron chi connectivity index (χ3n) is 2.62. The summed E-state index contributed by atoms with van der Waals surface area (Å²) in [6.45, 7) is 10.8. The van der Waals surface area contributed by atoms with Gasteiger partial charge in [-0.2, -0.15) is 0 Å². The van der Waals surface area contributed by atoms with Crippen LogP contribution >= 0.6 is 0 Å². The zero-order valence-corrected chi connectivity index (χ0v) is 12.3. The van der Waals surface area contributed by atoms with Crippen LogP contribution in [-0.2, 0) is 6.54 Å². The Hall–Kier alpha value is -1.88. The zero-order chi connectivity index (χ0) is 15.2. The van der Waals surface area contributed by atoms with Crippen LogP contribution in [0.25, 0.3) is 0 Å². The van der Waals surface area contributed by atoms with Crippen LogP contribution in [0.4, 0.5) is 5.69 Å². The fraction of sp³-hybridized carbons (Fsp3) is 0.467. The normalized spacial score (nSPS) is 11.2. The largest absolute Gasteiger partial charge is 0.486 e. The van der Waals surface area contributed by atoms with Crippen LogP contribution in [0.5, 0.6) is 5.75 Å². The predicted molar refractivity (Wildman–Crippen MR) is 80.0 cm³/mol. The molecule has 0 fully saturated rings. The maximum atomic E-state index is 11.0. The summed E-state index contributed by atoms with van der Waals surface area (Å²) in [7, 11) is 0. The molecule has 5 heteroatoms. The van der Waals surface area contributed by atoms with Gasteiger partial charge >= 0.3 is 5.69 Å². The van der Waals surface area contributed by atoms with Crippen molar-refractivity contribution in [1.29, 1.82) is 0 Å². The summed E-state index contributed by atoms with van der Waals surface area (Å²) in [6.07, 6.45) is 2.37. The summed E-state index contributed by atoms with van der Waals surface area (Å²) < 4.78 is 5.47. The number of nitrogens with zero attached hydrogens (tertiary/aromatic N) is 1. The summed E-state index contributed by atoms with van der Waals surface area (Å²) in [5.41, 5.74) is 0.943. The second-order valence-corrected chi connectivity index (χ2v) is 5.59. The lowest BCUT2D eigenvalue weighted by molar-refractivity contribution is -0.385. The summed E-state index contributed by atoms with van der Waals surface area (Å²) >= 11 is 0. The van der Waals surface area contributed by atoms with Crippen LogP contribution in [-0.4, -0.2) is 17.1 Å². The predicted octanol–water partition coefficient (Wildman–Crippen LogP) is 3.44. The molecule has 0 aliphatic rings. The SMILES string of the molecule is C=CCCOc1cc(CNC(C)(C)C)ccc1[N+](=O)[O-]. The lowest BCUT2D eigenvalue weighted by atomic mass is 10.1. The first kappa shape index (κ1) is 16.2. The van der Waals surface area contributed by atoms with Crippen LogP contribution < -0.4 is 10.1 Å². The number of rotatable bonds is 7. The number of ether oxygens (including phenoxy) is 1. The standard InChI is InChI=1S/C15H22N2O3/c1-5-6-9-20-14-10-12(11-16-15(2,3)4)7-8-13(14)17(18)19/h5,7-8,10,16H,1,6,9,11H2,2-4H3. The van der Waals surface area contributed by atoms with Crippen LogP contribution in [0.15, 0.2) is 30.9 Å². The van der Waals surface area contributed by atoms with Gasteiger partial charge in [-0.05, 0) is 38.8 Å². The molecule has 1 aromatic rings. The number of hydrogen-bond acceptors (Lipinski definition) is 4. The highest BCUT2D eigenvalue weighted by atomic mass is 16.6. The van der Waals surface area contributed by atoms with Crippen molar-refractivity contribution in [2.24, 2.45) is 0 Å². The highest BCUT2D eigenvalue weighted by molar-refractivity contribution is 5.48. The fourth-order valence-corrected chi connectivity index (χ4v) is 1.55. The maximum absolute atomic E-state index is 11.0. The smallest absolute Gasteiger partial charge is 0.310 e. The van der Waals surface area contributed by atoms with Crippen molar-refractivity contribution < 1.29 is 9.66 Å². The number of hydrogen-bond donors (Lipinski definition) is 1. The molecule has 0 aromatic heterocycles.